The quantitative estimate of drug-likeness (QED) is 0.802. The van der Waals surface area contributed by atoms with Crippen molar-refractivity contribution in [1.82, 2.24) is 9.80 Å². The Morgan fingerprint density at radius 3 is 2.67 bits per heavy atom. The summed E-state index contributed by atoms with van der Waals surface area (Å²) in [5.41, 5.74) is -0.307. The molecule has 1 fully saturated rings. The summed E-state index contributed by atoms with van der Waals surface area (Å²) in [6.45, 7) is 3.49. The van der Waals surface area contributed by atoms with E-state index in [-0.39, 0.29) is 0 Å². The molecule has 3 nitrogen and oxygen atoms in total. The number of thiocarbonyl (C=S) groups is 1. The van der Waals surface area contributed by atoms with Crippen molar-refractivity contribution in [3.8, 4) is 0 Å². The largest absolute Gasteiger partial charge is 0.416 e. The Hall–Kier alpha value is -1.34. The Bertz CT molecular complexity index is 504. The van der Waals surface area contributed by atoms with Gasteiger partial charge in [0, 0.05) is 25.3 Å². The Morgan fingerprint density at radius 2 is 1.95 bits per heavy atom. The normalized spacial score (nSPS) is 17.4. The summed E-state index contributed by atoms with van der Waals surface area (Å²) >= 11 is 5.31. The molecule has 0 aliphatic carbocycles. The van der Waals surface area contributed by atoms with E-state index in [4.69, 9.17) is 12.2 Å². The Morgan fingerprint density at radius 1 is 1.19 bits per heavy atom. The lowest BCUT2D eigenvalue weighted by atomic mass is 10.2. The zero-order chi connectivity index (χ0) is 15.5. The van der Waals surface area contributed by atoms with Crippen LogP contribution in [0.5, 0.6) is 0 Å². The monoisotopic (exact) mass is 317 g/mol. The van der Waals surface area contributed by atoms with Gasteiger partial charge in [-0.05, 0) is 50.4 Å². The first-order valence-electron chi connectivity index (χ1n) is 6.78. The summed E-state index contributed by atoms with van der Waals surface area (Å²) in [4.78, 5) is 4.21. The minimum Gasteiger partial charge on any atom is -0.348 e. The van der Waals surface area contributed by atoms with Crippen LogP contribution in [-0.4, -0.2) is 48.1 Å². The number of nitrogens with zero attached hydrogens (tertiary/aromatic N) is 2. The number of likely N-dealkylation sites (N-methyl/N-ethyl adjacent to an activating group) is 1. The molecule has 0 amide bonds. The van der Waals surface area contributed by atoms with E-state index in [0.29, 0.717) is 10.8 Å². The molecule has 21 heavy (non-hydrogen) atoms. The van der Waals surface area contributed by atoms with Gasteiger partial charge in [-0.1, -0.05) is 6.07 Å². The number of rotatable bonds is 1. The van der Waals surface area contributed by atoms with Crippen LogP contribution in [0.1, 0.15) is 12.0 Å². The van der Waals surface area contributed by atoms with Crippen molar-refractivity contribution in [3.63, 3.8) is 0 Å². The van der Waals surface area contributed by atoms with Crippen molar-refractivity contribution in [2.45, 2.75) is 12.6 Å². The second-order valence-electron chi connectivity index (χ2n) is 5.15. The number of alkyl halides is 3. The smallest absolute Gasteiger partial charge is 0.348 e. The average molecular weight is 317 g/mol. The highest BCUT2D eigenvalue weighted by Crippen LogP contribution is 2.30. The molecule has 7 heteroatoms. The number of hydrogen-bond donors (Lipinski definition) is 1. The molecule has 1 aromatic rings. The van der Waals surface area contributed by atoms with Crippen molar-refractivity contribution in [2.24, 2.45) is 0 Å². The number of anilines is 1. The molecule has 0 bridgehead atoms. The average Bonchev–Trinajstić information content (AvgIpc) is 2.63. The maximum absolute atomic E-state index is 12.7. The molecule has 0 unspecified atom stereocenters. The van der Waals surface area contributed by atoms with Gasteiger partial charge in [0.05, 0.1) is 5.56 Å². The highest BCUT2D eigenvalue weighted by molar-refractivity contribution is 7.80. The summed E-state index contributed by atoms with van der Waals surface area (Å²) < 4.78 is 38.0. The van der Waals surface area contributed by atoms with Gasteiger partial charge in [-0.15, -0.1) is 0 Å². The molecule has 1 heterocycles. The van der Waals surface area contributed by atoms with Gasteiger partial charge in [0.25, 0.3) is 0 Å². The standard InChI is InChI=1S/C14H18F3N3S/c1-19-6-3-7-20(9-8-19)13(21)18-12-5-2-4-11(10-12)14(15,16)17/h2,4-5,10H,3,6-9H2,1H3,(H,18,21). The first kappa shape index (κ1) is 16.0. The highest BCUT2D eigenvalue weighted by atomic mass is 32.1. The predicted molar refractivity (Wildman–Crippen MR) is 81.4 cm³/mol. The third-order valence-corrected chi connectivity index (χ3v) is 3.81. The van der Waals surface area contributed by atoms with Crippen LogP contribution >= 0.6 is 12.2 Å². The number of nitrogens with one attached hydrogen (secondary N) is 1. The van der Waals surface area contributed by atoms with E-state index < -0.39 is 11.7 Å². The van der Waals surface area contributed by atoms with Crippen LogP contribution in [0.3, 0.4) is 0 Å². The molecular weight excluding hydrogens is 299 g/mol. The number of benzene rings is 1. The van der Waals surface area contributed by atoms with Gasteiger partial charge in [0.15, 0.2) is 5.11 Å². The van der Waals surface area contributed by atoms with Gasteiger partial charge in [0.2, 0.25) is 0 Å². The second-order valence-corrected chi connectivity index (χ2v) is 5.54. The summed E-state index contributed by atoms with van der Waals surface area (Å²) in [7, 11) is 2.05. The lowest BCUT2D eigenvalue weighted by molar-refractivity contribution is -0.137. The van der Waals surface area contributed by atoms with E-state index in [9.17, 15) is 13.2 Å². The highest BCUT2D eigenvalue weighted by Gasteiger charge is 2.30. The van der Waals surface area contributed by atoms with Gasteiger partial charge < -0.3 is 15.1 Å². The molecule has 1 aliphatic heterocycles. The van der Waals surface area contributed by atoms with E-state index in [2.05, 4.69) is 10.2 Å². The van der Waals surface area contributed by atoms with Crippen LogP contribution in [0.25, 0.3) is 0 Å². The molecule has 0 radical (unpaired) electrons. The van der Waals surface area contributed by atoms with Gasteiger partial charge in [-0.25, -0.2) is 0 Å². The van der Waals surface area contributed by atoms with Crippen LogP contribution in [-0.2, 0) is 6.18 Å². The van der Waals surface area contributed by atoms with Crippen molar-refractivity contribution >= 4 is 23.0 Å². The molecule has 2 rings (SSSR count). The number of hydrogen-bond acceptors (Lipinski definition) is 2. The summed E-state index contributed by atoms with van der Waals surface area (Å²) in [6.07, 6.45) is -3.36. The van der Waals surface area contributed by atoms with Gasteiger partial charge in [0.1, 0.15) is 0 Å². The first-order valence-corrected chi connectivity index (χ1v) is 7.19. The lowest BCUT2D eigenvalue weighted by Crippen LogP contribution is -2.37. The van der Waals surface area contributed by atoms with Crippen LogP contribution in [0, 0.1) is 0 Å². The molecule has 0 saturated carbocycles. The molecule has 1 aromatic carbocycles. The van der Waals surface area contributed by atoms with Crippen LogP contribution < -0.4 is 5.32 Å². The molecule has 116 valence electrons. The summed E-state index contributed by atoms with van der Waals surface area (Å²) in [5.74, 6) is 0. The molecule has 1 N–H and O–H groups in total. The first-order chi connectivity index (χ1) is 9.86. The molecule has 1 aliphatic rings. The number of halogens is 3. The van der Waals surface area contributed by atoms with Crippen molar-refractivity contribution < 1.29 is 13.2 Å². The molecule has 0 atom stereocenters. The molecule has 1 saturated heterocycles. The summed E-state index contributed by atoms with van der Waals surface area (Å²) in [6, 6.07) is 5.10. The Balaban J connectivity index is 2.02. The third-order valence-electron chi connectivity index (χ3n) is 3.45. The SMILES string of the molecule is CN1CCCN(C(=S)Nc2cccc(C(F)(F)F)c2)CC1. The van der Waals surface area contributed by atoms with E-state index in [1.807, 2.05) is 11.9 Å². The fourth-order valence-corrected chi connectivity index (χ4v) is 2.53. The zero-order valence-electron chi connectivity index (χ0n) is 11.8. The fourth-order valence-electron chi connectivity index (χ4n) is 2.23. The van der Waals surface area contributed by atoms with Crippen LogP contribution in [0.2, 0.25) is 0 Å². The minimum atomic E-state index is -4.34. The van der Waals surface area contributed by atoms with E-state index in [1.54, 1.807) is 6.07 Å². The third kappa shape index (κ3) is 4.57. The van der Waals surface area contributed by atoms with Crippen molar-refractivity contribution in [1.29, 1.82) is 0 Å². The van der Waals surface area contributed by atoms with E-state index in [0.717, 1.165) is 44.7 Å². The Kier molecular flexibility index (Phi) is 5.05. The van der Waals surface area contributed by atoms with Gasteiger partial charge in [-0.3, -0.25) is 0 Å². The maximum Gasteiger partial charge on any atom is 0.416 e. The minimum absolute atomic E-state index is 0.368. The van der Waals surface area contributed by atoms with E-state index in [1.165, 1.54) is 6.07 Å². The second kappa shape index (κ2) is 6.62. The van der Waals surface area contributed by atoms with E-state index >= 15 is 0 Å². The van der Waals surface area contributed by atoms with Crippen molar-refractivity contribution in [3.05, 3.63) is 29.8 Å². The van der Waals surface area contributed by atoms with Gasteiger partial charge >= 0.3 is 6.18 Å². The predicted octanol–water partition coefficient (Wildman–Crippen LogP) is 3.04. The van der Waals surface area contributed by atoms with Crippen LogP contribution in [0.4, 0.5) is 18.9 Å². The topological polar surface area (TPSA) is 18.5 Å². The molecule has 0 aromatic heterocycles. The fraction of sp³-hybridized carbons (Fsp3) is 0.500. The lowest BCUT2D eigenvalue weighted by Gasteiger charge is -2.24. The van der Waals surface area contributed by atoms with Crippen molar-refractivity contribution in [2.75, 3.05) is 38.5 Å². The van der Waals surface area contributed by atoms with Gasteiger partial charge in [-0.2, -0.15) is 13.2 Å². The zero-order valence-corrected chi connectivity index (χ0v) is 12.6. The molecular formula is C14H18F3N3S. The Labute approximate surface area is 127 Å². The summed E-state index contributed by atoms with van der Waals surface area (Å²) in [5, 5.41) is 3.38. The maximum atomic E-state index is 12.7. The van der Waals surface area contributed by atoms with Crippen LogP contribution in [0.15, 0.2) is 24.3 Å². The molecule has 0 spiro atoms.